The smallest absolute Gasteiger partial charge is 0.215 e. The van der Waals surface area contributed by atoms with Gasteiger partial charge in [0.15, 0.2) is 10.8 Å². The largest absolute Gasteiger partial charge is 0.384 e. The first kappa shape index (κ1) is 19.4. The molecule has 0 saturated carbocycles. The second-order valence-corrected chi connectivity index (χ2v) is 9.00. The predicted octanol–water partition coefficient (Wildman–Crippen LogP) is 2.34. The van der Waals surface area contributed by atoms with E-state index in [0.29, 0.717) is 36.4 Å². The van der Waals surface area contributed by atoms with E-state index in [-0.39, 0.29) is 0 Å². The first-order valence-electron chi connectivity index (χ1n) is 8.50. The number of pyridine rings is 1. The zero-order valence-electron chi connectivity index (χ0n) is 14.9. The highest BCUT2D eigenvalue weighted by atomic mass is 35.5. The van der Waals surface area contributed by atoms with Gasteiger partial charge in [0.1, 0.15) is 16.5 Å². The fourth-order valence-corrected chi connectivity index (χ4v) is 4.67. The van der Waals surface area contributed by atoms with E-state index in [1.807, 2.05) is 6.07 Å². The molecule has 0 radical (unpaired) electrons. The lowest BCUT2D eigenvalue weighted by atomic mass is 9.98. The Bertz CT molecular complexity index is 1030. The Morgan fingerprint density at radius 1 is 1.52 bits per heavy atom. The Kier molecular flexibility index (Phi) is 5.85. The van der Waals surface area contributed by atoms with Crippen LogP contribution in [0.3, 0.4) is 0 Å². The van der Waals surface area contributed by atoms with Crippen LogP contribution in [-0.2, 0) is 16.5 Å². The van der Waals surface area contributed by atoms with Crippen LogP contribution in [0.2, 0.25) is 5.15 Å². The van der Waals surface area contributed by atoms with Crippen molar-refractivity contribution in [1.29, 1.82) is 5.26 Å². The summed E-state index contributed by atoms with van der Waals surface area (Å²) in [7, 11) is -2.59. The van der Waals surface area contributed by atoms with Gasteiger partial charge in [0.05, 0.1) is 5.39 Å². The number of aromatic nitrogens is 3. The van der Waals surface area contributed by atoms with Crippen molar-refractivity contribution < 1.29 is 4.21 Å². The number of hydrogen-bond acceptors (Lipinski definition) is 6. The highest BCUT2D eigenvalue weighted by Gasteiger charge is 2.24. The van der Waals surface area contributed by atoms with Gasteiger partial charge in [-0.15, -0.1) is 10.8 Å². The monoisotopic (exact) mass is 405 g/mol. The molecule has 1 aliphatic heterocycles. The summed E-state index contributed by atoms with van der Waals surface area (Å²) in [6.07, 6.45) is 12.0. The van der Waals surface area contributed by atoms with Crippen molar-refractivity contribution in [3.63, 3.8) is 0 Å². The van der Waals surface area contributed by atoms with Crippen LogP contribution in [0.4, 0.5) is 5.69 Å². The Hall–Kier alpha value is -2.33. The summed E-state index contributed by atoms with van der Waals surface area (Å²) < 4.78 is 19.3. The van der Waals surface area contributed by atoms with E-state index in [2.05, 4.69) is 25.7 Å². The number of nitriles is 1. The standard InChI is InChI=1S/C17H20ClN7OS/c1-3-8-25-17-15(16(18)23-25)14(4-7-20-17)21-11-13-5-9-24(10-6-13)27(2,26)22-12-19/h1,4,7,13H,5-6,8-11H2,2H3,(H,20,21)/t27-/m0/s1. The highest BCUT2D eigenvalue weighted by Crippen LogP contribution is 2.29. The fraction of sp³-hybridized carbons (Fsp3) is 0.471. The molecule has 27 heavy (non-hydrogen) atoms. The molecule has 0 unspecified atom stereocenters. The van der Waals surface area contributed by atoms with Crippen molar-refractivity contribution in [2.24, 2.45) is 10.3 Å². The second kappa shape index (κ2) is 8.13. The van der Waals surface area contributed by atoms with Crippen LogP contribution in [-0.4, -0.2) is 49.2 Å². The average molecular weight is 406 g/mol. The van der Waals surface area contributed by atoms with Crippen molar-refractivity contribution >= 4 is 38.2 Å². The van der Waals surface area contributed by atoms with Gasteiger partial charge in [-0.2, -0.15) is 10.4 Å². The molecule has 8 nitrogen and oxygen atoms in total. The summed E-state index contributed by atoms with van der Waals surface area (Å²) in [5.74, 6) is 2.96. The minimum atomic E-state index is -2.59. The maximum Gasteiger partial charge on any atom is 0.215 e. The third-order valence-electron chi connectivity index (χ3n) is 4.68. The van der Waals surface area contributed by atoms with Gasteiger partial charge in [-0.25, -0.2) is 18.2 Å². The predicted molar refractivity (Wildman–Crippen MR) is 106 cm³/mol. The lowest BCUT2D eigenvalue weighted by molar-refractivity contribution is 0.291. The van der Waals surface area contributed by atoms with Crippen LogP contribution in [0.25, 0.3) is 11.0 Å². The van der Waals surface area contributed by atoms with E-state index in [4.69, 9.17) is 23.3 Å². The average Bonchev–Trinajstić information content (AvgIpc) is 2.97. The topological polar surface area (TPSA) is 99.2 Å². The Balaban J connectivity index is 1.67. The lowest BCUT2D eigenvalue weighted by Gasteiger charge is -2.32. The zero-order chi connectivity index (χ0) is 19.4. The Morgan fingerprint density at radius 3 is 2.93 bits per heavy atom. The third-order valence-corrected chi connectivity index (χ3v) is 6.68. The maximum atomic E-state index is 12.3. The zero-order valence-corrected chi connectivity index (χ0v) is 16.5. The number of terminal acetylenes is 1. The van der Waals surface area contributed by atoms with Crippen molar-refractivity contribution in [3.05, 3.63) is 17.4 Å². The number of piperidine rings is 1. The van der Waals surface area contributed by atoms with Crippen LogP contribution >= 0.6 is 11.6 Å². The van der Waals surface area contributed by atoms with Gasteiger partial charge in [-0.3, -0.25) is 0 Å². The molecule has 0 spiro atoms. The number of nitrogens with zero attached hydrogens (tertiary/aromatic N) is 6. The van der Waals surface area contributed by atoms with Gasteiger partial charge in [0.25, 0.3) is 0 Å². The number of halogens is 1. The normalized spacial score (nSPS) is 17.8. The summed E-state index contributed by atoms with van der Waals surface area (Å²) in [6.45, 7) is 2.37. The third kappa shape index (κ3) is 4.16. The first-order valence-corrected chi connectivity index (χ1v) is 10.8. The Labute approximate surface area is 163 Å². The van der Waals surface area contributed by atoms with Gasteiger partial charge in [0.2, 0.25) is 6.19 Å². The molecular formula is C17H20ClN7OS. The fourth-order valence-electron chi connectivity index (χ4n) is 3.24. The molecule has 10 heteroatoms. The number of nitrogens with one attached hydrogen (secondary N) is 1. The number of fused-ring (bicyclic) bond motifs is 1. The molecular weight excluding hydrogens is 386 g/mol. The van der Waals surface area contributed by atoms with E-state index >= 15 is 0 Å². The summed E-state index contributed by atoms with van der Waals surface area (Å²) >= 11 is 6.28. The van der Waals surface area contributed by atoms with Crippen molar-refractivity contribution in [2.45, 2.75) is 19.4 Å². The minimum absolute atomic E-state index is 0.308. The van der Waals surface area contributed by atoms with Crippen molar-refractivity contribution in [2.75, 3.05) is 31.2 Å². The van der Waals surface area contributed by atoms with Crippen LogP contribution in [0.1, 0.15) is 12.8 Å². The molecule has 1 N–H and O–H groups in total. The van der Waals surface area contributed by atoms with Crippen LogP contribution < -0.4 is 5.32 Å². The molecule has 0 amide bonds. The van der Waals surface area contributed by atoms with E-state index in [1.54, 1.807) is 21.4 Å². The van der Waals surface area contributed by atoms with Crippen LogP contribution in [0.15, 0.2) is 16.6 Å². The molecule has 142 valence electrons. The molecule has 3 heterocycles. The number of anilines is 1. The van der Waals surface area contributed by atoms with Crippen LogP contribution in [0.5, 0.6) is 0 Å². The first-order chi connectivity index (χ1) is 13.0. The van der Waals surface area contributed by atoms with Gasteiger partial charge >= 0.3 is 0 Å². The molecule has 1 saturated heterocycles. The van der Waals surface area contributed by atoms with Gasteiger partial charge in [-0.1, -0.05) is 17.5 Å². The van der Waals surface area contributed by atoms with Gasteiger partial charge in [-0.05, 0) is 24.8 Å². The molecule has 3 rings (SSSR count). The molecule has 2 aromatic rings. The summed E-state index contributed by atoms with van der Waals surface area (Å²) in [6, 6.07) is 1.87. The SMILES string of the molecule is C#CCn1nc(Cl)c2c(NCC3CCN([S@@](C)(=O)=NC#N)CC3)ccnc21. The van der Waals surface area contributed by atoms with E-state index in [1.165, 1.54) is 6.26 Å². The summed E-state index contributed by atoms with van der Waals surface area (Å²) in [5.41, 5.74) is 1.52. The van der Waals surface area contributed by atoms with Gasteiger partial charge < -0.3 is 5.32 Å². The van der Waals surface area contributed by atoms with Gasteiger partial charge in [0, 0.05) is 37.8 Å². The molecule has 1 atom stereocenters. The quantitative estimate of drug-likeness (QED) is 0.608. The van der Waals surface area contributed by atoms with E-state index in [0.717, 1.165) is 30.5 Å². The summed E-state index contributed by atoms with van der Waals surface area (Å²) in [5, 5.41) is 17.5. The van der Waals surface area contributed by atoms with Crippen molar-refractivity contribution in [1.82, 2.24) is 19.1 Å². The molecule has 0 aliphatic carbocycles. The second-order valence-electron chi connectivity index (χ2n) is 6.42. The Morgan fingerprint density at radius 2 is 2.26 bits per heavy atom. The molecule has 1 aliphatic rings. The van der Waals surface area contributed by atoms with E-state index in [9.17, 15) is 4.21 Å². The lowest BCUT2D eigenvalue weighted by Crippen LogP contribution is -2.39. The maximum absolute atomic E-state index is 12.3. The number of rotatable bonds is 5. The van der Waals surface area contributed by atoms with Crippen LogP contribution in [0, 0.1) is 29.7 Å². The highest BCUT2D eigenvalue weighted by molar-refractivity contribution is 7.90. The molecule has 0 bridgehead atoms. The summed E-state index contributed by atoms with van der Waals surface area (Å²) in [4.78, 5) is 4.34. The molecule has 2 aromatic heterocycles. The molecule has 1 fully saturated rings. The van der Waals surface area contributed by atoms with Crippen molar-refractivity contribution in [3.8, 4) is 18.5 Å². The minimum Gasteiger partial charge on any atom is -0.384 e. The number of hydrogen-bond donors (Lipinski definition) is 1. The molecule has 0 aromatic carbocycles. The van der Waals surface area contributed by atoms with E-state index < -0.39 is 9.92 Å².